The molecule has 5 nitrogen and oxygen atoms in total. The van der Waals surface area contributed by atoms with Crippen molar-refractivity contribution in [2.24, 2.45) is 0 Å². The predicted molar refractivity (Wildman–Crippen MR) is 93.5 cm³/mol. The Kier molecular flexibility index (Phi) is 5.47. The fourth-order valence-electron chi connectivity index (χ4n) is 2.52. The number of halogens is 4. The fourth-order valence-corrected chi connectivity index (χ4v) is 3.51. The summed E-state index contributed by atoms with van der Waals surface area (Å²) in [5, 5.41) is 11.1. The SMILES string of the molecule is CCn1c(SCC(=O)Nc2ccc(Cl)cc2C(F)(F)F)nnc1C1CC1. The number of benzene rings is 1. The van der Waals surface area contributed by atoms with Crippen molar-refractivity contribution in [3.8, 4) is 0 Å². The number of anilines is 1. The van der Waals surface area contributed by atoms with Gasteiger partial charge in [0.05, 0.1) is 17.0 Å². The number of aromatic nitrogens is 3. The minimum atomic E-state index is -4.61. The maximum Gasteiger partial charge on any atom is 0.418 e. The summed E-state index contributed by atoms with van der Waals surface area (Å²) in [5.41, 5.74) is -1.29. The van der Waals surface area contributed by atoms with Gasteiger partial charge in [0.25, 0.3) is 0 Å². The van der Waals surface area contributed by atoms with Crippen LogP contribution in [-0.2, 0) is 17.5 Å². The Labute approximate surface area is 157 Å². The number of carbonyl (C=O) groups is 1. The molecule has 26 heavy (non-hydrogen) atoms. The Bertz CT molecular complexity index is 820. The quantitative estimate of drug-likeness (QED) is 0.716. The maximum atomic E-state index is 13.1. The molecule has 0 radical (unpaired) electrons. The van der Waals surface area contributed by atoms with Crippen LogP contribution in [0.25, 0.3) is 0 Å². The highest BCUT2D eigenvalue weighted by Crippen LogP contribution is 2.40. The minimum absolute atomic E-state index is 0.0478. The number of nitrogens with zero attached hydrogens (tertiary/aromatic N) is 3. The zero-order chi connectivity index (χ0) is 18.9. The highest BCUT2D eigenvalue weighted by molar-refractivity contribution is 7.99. The van der Waals surface area contributed by atoms with Gasteiger partial charge >= 0.3 is 6.18 Å². The number of carbonyl (C=O) groups excluding carboxylic acids is 1. The van der Waals surface area contributed by atoms with Crippen molar-refractivity contribution in [3.05, 3.63) is 34.6 Å². The summed E-state index contributed by atoms with van der Waals surface area (Å²) < 4.78 is 41.2. The van der Waals surface area contributed by atoms with Crippen LogP contribution in [0.5, 0.6) is 0 Å². The standard InChI is InChI=1S/C16H16ClF3N4OS/c1-2-24-14(9-3-4-9)22-23-15(24)26-8-13(25)21-12-6-5-10(17)7-11(12)16(18,19)20/h5-7,9H,2-4,8H2,1H3,(H,21,25). The molecule has 10 heteroatoms. The second-order valence-electron chi connectivity index (χ2n) is 5.88. The van der Waals surface area contributed by atoms with Crippen molar-refractivity contribution in [2.45, 2.75) is 43.6 Å². The fraction of sp³-hybridized carbons (Fsp3) is 0.438. The van der Waals surface area contributed by atoms with Gasteiger partial charge in [-0.2, -0.15) is 13.2 Å². The van der Waals surface area contributed by atoms with Crippen LogP contribution in [0.2, 0.25) is 5.02 Å². The minimum Gasteiger partial charge on any atom is -0.325 e. The summed E-state index contributed by atoms with van der Waals surface area (Å²) in [4.78, 5) is 12.1. The maximum absolute atomic E-state index is 13.1. The van der Waals surface area contributed by atoms with E-state index < -0.39 is 17.6 Å². The molecule has 3 rings (SSSR count). The second kappa shape index (κ2) is 7.48. The molecule has 0 unspecified atom stereocenters. The van der Waals surface area contributed by atoms with Crippen LogP contribution < -0.4 is 5.32 Å². The van der Waals surface area contributed by atoms with Crippen molar-refractivity contribution >= 4 is 35.0 Å². The number of amides is 1. The molecule has 0 atom stereocenters. The van der Waals surface area contributed by atoms with Crippen LogP contribution in [-0.4, -0.2) is 26.4 Å². The van der Waals surface area contributed by atoms with E-state index in [0.29, 0.717) is 17.6 Å². The molecule has 1 aliphatic carbocycles. The van der Waals surface area contributed by atoms with Crippen LogP contribution in [0.15, 0.2) is 23.4 Å². The first-order chi connectivity index (χ1) is 12.3. The van der Waals surface area contributed by atoms with Gasteiger partial charge in [-0.25, -0.2) is 0 Å². The lowest BCUT2D eigenvalue weighted by Crippen LogP contribution is -2.18. The van der Waals surface area contributed by atoms with E-state index in [-0.39, 0.29) is 16.5 Å². The number of alkyl halides is 3. The number of thioether (sulfide) groups is 1. The normalized spacial score (nSPS) is 14.5. The van der Waals surface area contributed by atoms with E-state index >= 15 is 0 Å². The summed E-state index contributed by atoms with van der Waals surface area (Å²) in [7, 11) is 0. The van der Waals surface area contributed by atoms with Gasteiger partial charge in [0.1, 0.15) is 5.82 Å². The Morgan fingerprint density at radius 2 is 2.12 bits per heavy atom. The van der Waals surface area contributed by atoms with E-state index in [1.807, 2.05) is 11.5 Å². The Hall–Kier alpha value is -1.74. The first kappa shape index (κ1) is 19.0. The van der Waals surface area contributed by atoms with E-state index in [1.165, 1.54) is 6.07 Å². The Morgan fingerprint density at radius 3 is 2.73 bits per heavy atom. The van der Waals surface area contributed by atoms with Crippen LogP contribution in [0.4, 0.5) is 18.9 Å². The van der Waals surface area contributed by atoms with Gasteiger partial charge in [0.15, 0.2) is 5.16 Å². The average Bonchev–Trinajstić information content (AvgIpc) is 3.33. The number of rotatable bonds is 6. The molecule has 1 aromatic heterocycles. The van der Waals surface area contributed by atoms with Crippen molar-refractivity contribution in [1.82, 2.24) is 14.8 Å². The van der Waals surface area contributed by atoms with E-state index in [0.717, 1.165) is 42.6 Å². The molecule has 0 spiro atoms. The third kappa shape index (κ3) is 4.32. The van der Waals surface area contributed by atoms with E-state index in [9.17, 15) is 18.0 Å². The van der Waals surface area contributed by atoms with Gasteiger partial charge < -0.3 is 9.88 Å². The van der Waals surface area contributed by atoms with Gasteiger partial charge in [0.2, 0.25) is 5.91 Å². The Morgan fingerprint density at radius 1 is 1.38 bits per heavy atom. The van der Waals surface area contributed by atoms with Crippen LogP contribution in [0.1, 0.15) is 37.1 Å². The monoisotopic (exact) mass is 404 g/mol. The van der Waals surface area contributed by atoms with Crippen molar-refractivity contribution in [1.29, 1.82) is 0 Å². The number of hydrogen-bond donors (Lipinski definition) is 1. The summed E-state index contributed by atoms with van der Waals surface area (Å²) in [6.45, 7) is 2.64. The second-order valence-corrected chi connectivity index (χ2v) is 7.26. The predicted octanol–water partition coefficient (Wildman–Crippen LogP) is 4.58. The van der Waals surface area contributed by atoms with Crippen LogP contribution >= 0.6 is 23.4 Å². The van der Waals surface area contributed by atoms with Crippen molar-refractivity contribution in [3.63, 3.8) is 0 Å². The summed E-state index contributed by atoms with van der Waals surface area (Å²) in [6.07, 6.45) is -2.44. The Balaban J connectivity index is 1.67. The van der Waals surface area contributed by atoms with E-state index in [2.05, 4.69) is 15.5 Å². The van der Waals surface area contributed by atoms with E-state index in [1.54, 1.807) is 0 Å². The third-order valence-corrected chi connectivity index (χ3v) is 5.10. The molecule has 1 saturated carbocycles. The molecule has 0 bridgehead atoms. The van der Waals surface area contributed by atoms with Crippen LogP contribution in [0.3, 0.4) is 0 Å². The molecule has 140 valence electrons. The van der Waals surface area contributed by atoms with Gasteiger partial charge in [0, 0.05) is 17.5 Å². The third-order valence-electron chi connectivity index (χ3n) is 3.90. The average molecular weight is 405 g/mol. The molecule has 1 heterocycles. The van der Waals surface area contributed by atoms with Crippen molar-refractivity contribution in [2.75, 3.05) is 11.1 Å². The zero-order valence-electron chi connectivity index (χ0n) is 13.8. The highest BCUT2D eigenvalue weighted by atomic mass is 35.5. The van der Waals surface area contributed by atoms with Gasteiger partial charge in [-0.3, -0.25) is 4.79 Å². The molecule has 1 aliphatic rings. The van der Waals surface area contributed by atoms with Gasteiger partial charge in [-0.1, -0.05) is 23.4 Å². The molecule has 2 aromatic rings. The first-order valence-electron chi connectivity index (χ1n) is 8.02. The molecule has 1 aromatic carbocycles. The molecular formula is C16H16ClF3N4OS. The lowest BCUT2D eigenvalue weighted by molar-refractivity contribution is -0.137. The smallest absolute Gasteiger partial charge is 0.325 e. The number of nitrogens with one attached hydrogen (secondary N) is 1. The molecule has 0 saturated heterocycles. The molecule has 1 amide bonds. The lowest BCUT2D eigenvalue weighted by atomic mass is 10.1. The van der Waals surface area contributed by atoms with Crippen molar-refractivity contribution < 1.29 is 18.0 Å². The first-order valence-corrected chi connectivity index (χ1v) is 9.38. The molecular weight excluding hydrogens is 389 g/mol. The summed E-state index contributed by atoms with van der Waals surface area (Å²) in [6, 6.07) is 3.24. The summed E-state index contributed by atoms with van der Waals surface area (Å²) >= 11 is 6.78. The summed E-state index contributed by atoms with van der Waals surface area (Å²) in [5.74, 6) is 0.714. The van der Waals surface area contributed by atoms with Gasteiger partial charge in [-0.05, 0) is 38.0 Å². The molecule has 1 fully saturated rings. The number of hydrogen-bond acceptors (Lipinski definition) is 4. The van der Waals surface area contributed by atoms with Crippen LogP contribution in [0, 0.1) is 0 Å². The van der Waals surface area contributed by atoms with E-state index in [4.69, 9.17) is 11.6 Å². The molecule has 0 aliphatic heterocycles. The van der Waals surface area contributed by atoms with Gasteiger partial charge in [-0.15, -0.1) is 10.2 Å². The lowest BCUT2D eigenvalue weighted by Gasteiger charge is -2.14. The topological polar surface area (TPSA) is 59.8 Å². The zero-order valence-corrected chi connectivity index (χ0v) is 15.4. The largest absolute Gasteiger partial charge is 0.418 e. The molecule has 1 N–H and O–H groups in total. The highest BCUT2D eigenvalue weighted by Gasteiger charge is 2.34.